The van der Waals surface area contributed by atoms with Crippen LogP contribution in [0.15, 0.2) is 0 Å². The van der Waals surface area contributed by atoms with Crippen LogP contribution in [0.25, 0.3) is 0 Å². The summed E-state index contributed by atoms with van der Waals surface area (Å²) in [5, 5.41) is 6.24. The Morgan fingerprint density at radius 3 is 2.92 bits per heavy atom. The van der Waals surface area contributed by atoms with E-state index in [1.807, 2.05) is 13.8 Å². The van der Waals surface area contributed by atoms with E-state index in [0.717, 1.165) is 13.1 Å². The summed E-state index contributed by atoms with van der Waals surface area (Å²) in [5.41, 5.74) is 0. The molecule has 0 radical (unpaired) electrons. The number of piperidine rings is 1. The molecule has 1 aliphatic heterocycles. The minimum absolute atomic E-state index is 0.198. The number of carbonyl (C=O) groups excluding carboxylic acids is 1. The van der Waals surface area contributed by atoms with Crippen LogP contribution in [0.4, 0.5) is 0 Å². The first-order valence-corrected chi connectivity index (χ1v) is 5.18. The average Bonchev–Trinajstić information content (AvgIpc) is 2.04. The Labute approximate surface area is 80.3 Å². The highest BCUT2D eigenvalue weighted by Crippen LogP contribution is 2.13. The molecule has 1 amide bonds. The van der Waals surface area contributed by atoms with Crippen molar-refractivity contribution in [1.29, 1.82) is 0 Å². The van der Waals surface area contributed by atoms with Crippen molar-refractivity contribution in [3.63, 3.8) is 0 Å². The van der Waals surface area contributed by atoms with E-state index >= 15 is 0 Å². The van der Waals surface area contributed by atoms with Crippen molar-refractivity contribution in [3.8, 4) is 0 Å². The normalized spacial score (nSPS) is 23.2. The third kappa shape index (κ3) is 4.27. The molecular weight excluding hydrogens is 164 g/mol. The van der Waals surface area contributed by atoms with Crippen LogP contribution < -0.4 is 10.6 Å². The Morgan fingerprint density at radius 1 is 1.62 bits per heavy atom. The van der Waals surface area contributed by atoms with Crippen molar-refractivity contribution in [2.45, 2.75) is 39.2 Å². The van der Waals surface area contributed by atoms with Crippen LogP contribution in [-0.2, 0) is 4.79 Å². The van der Waals surface area contributed by atoms with Gasteiger partial charge in [0.15, 0.2) is 0 Å². The number of rotatable bonds is 3. The average molecular weight is 184 g/mol. The lowest BCUT2D eigenvalue weighted by Crippen LogP contribution is -2.36. The maximum atomic E-state index is 11.4. The third-order valence-corrected chi connectivity index (χ3v) is 2.32. The van der Waals surface area contributed by atoms with Crippen molar-refractivity contribution in [3.05, 3.63) is 0 Å². The van der Waals surface area contributed by atoms with Gasteiger partial charge in [0.25, 0.3) is 0 Å². The predicted molar refractivity (Wildman–Crippen MR) is 53.5 cm³/mol. The van der Waals surface area contributed by atoms with Gasteiger partial charge in [0.1, 0.15) is 0 Å². The molecule has 0 aromatic rings. The van der Waals surface area contributed by atoms with E-state index in [1.165, 1.54) is 12.8 Å². The molecule has 0 bridgehead atoms. The molecule has 3 heteroatoms. The van der Waals surface area contributed by atoms with Gasteiger partial charge in [-0.15, -0.1) is 0 Å². The van der Waals surface area contributed by atoms with Crippen LogP contribution in [0, 0.1) is 5.92 Å². The first kappa shape index (κ1) is 10.5. The van der Waals surface area contributed by atoms with Crippen molar-refractivity contribution in [2.24, 2.45) is 5.92 Å². The zero-order valence-corrected chi connectivity index (χ0v) is 8.60. The summed E-state index contributed by atoms with van der Waals surface area (Å²) in [5.74, 6) is 0.746. The molecule has 0 aliphatic carbocycles. The molecule has 2 N–H and O–H groups in total. The summed E-state index contributed by atoms with van der Waals surface area (Å²) >= 11 is 0. The van der Waals surface area contributed by atoms with Crippen LogP contribution in [0.3, 0.4) is 0 Å². The third-order valence-electron chi connectivity index (χ3n) is 2.32. The van der Waals surface area contributed by atoms with Crippen LogP contribution >= 0.6 is 0 Å². The lowest BCUT2D eigenvalue weighted by molar-refractivity contribution is -0.122. The second-order valence-electron chi connectivity index (χ2n) is 4.14. The number of hydrogen-bond acceptors (Lipinski definition) is 2. The Hall–Kier alpha value is -0.570. The maximum absolute atomic E-state index is 11.4. The fourth-order valence-corrected chi connectivity index (χ4v) is 1.74. The van der Waals surface area contributed by atoms with E-state index in [-0.39, 0.29) is 11.9 Å². The number of amides is 1. The first-order valence-electron chi connectivity index (χ1n) is 5.18. The number of nitrogens with one attached hydrogen (secondary N) is 2. The van der Waals surface area contributed by atoms with Crippen molar-refractivity contribution >= 4 is 5.91 Å². The molecule has 0 spiro atoms. The van der Waals surface area contributed by atoms with E-state index in [2.05, 4.69) is 10.6 Å². The molecule has 1 fully saturated rings. The molecule has 0 saturated carbocycles. The molecule has 1 aliphatic rings. The minimum atomic E-state index is 0.198. The van der Waals surface area contributed by atoms with Crippen LogP contribution in [0.1, 0.15) is 33.1 Å². The van der Waals surface area contributed by atoms with Crippen molar-refractivity contribution in [2.75, 3.05) is 13.1 Å². The molecular formula is C10H20N2O. The van der Waals surface area contributed by atoms with Gasteiger partial charge < -0.3 is 10.6 Å². The monoisotopic (exact) mass is 184 g/mol. The quantitative estimate of drug-likeness (QED) is 0.684. The smallest absolute Gasteiger partial charge is 0.220 e. The van der Waals surface area contributed by atoms with Gasteiger partial charge in [0, 0.05) is 12.5 Å². The zero-order valence-electron chi connectivity index (χ0n) is 8.60. The van der Waals surface area contributed by atoms with E-state index in [4.69, 9.17) is 0 Å². The highest BCUT2D eigenvalue weighted by atomic mass is 16.1. The molecule has 1 rings (SSSR count). The second kappa shape index (κ2) is 5.22. The highest BCUT2D eigenvalue weighted by Gasteiger charge is 2.16. The number of hydrogen-bond donors (Lipinski definition) is 2. The van der Waals surface area contributed by atoms with Gasteiger partial charge in [-0.05, 0) is 45.7 Å². The summed E-state index contributed by atoms with van der Waals surface area (Å²) in [7, 11) is 0. The molecule has 13 heavy (non-hydrogen) atoms. The van der Waals surface area contributed by atoms with Gasteiger partial charge in [0.2, 0.25) is 5.91 Å². The molecule has 3 nitrogen and oxygen atoms in total. The molecule has 1 saturated heterocycles. The Kier molecular flexibility index (Phi) is 4.22. The van der Waals surface area contributed by atoms with E-state index < -0.39 is 0 Å². The van der Waals surface area contributed by atoms with Crippen LogP contribution in [0.2, 0.25) is 0 Å². The number of carbonyl (C=O) groups is 1. The van der Waals surface area contributed by atoms with E-state index in [1.54, 1.807) is 0 Å². The van der Waals surface area contributed by atoms with Gasteiger partial charge in [-0.25, -0.2) is 0 Å². The summed E-state index contributed by atoms with van der Waals surface area (Å²) in [6, 6.07) is 0.268. The van der Waals surface area contributed by atoms with E-state index in [9.17, 15) is 4.79 Å². The minimum Gasteiger partial charge on any atom is -0.354 e. The Bertz CT molecular complexity index is 162. The lowest BCUT2D eigenvalue weighted by atomic mass is 9.96. The summed E-state index contributed by atoms with van der Waals surface area (Å²) < 4.78 is 0. The molecule has 1 unspecified atom stereocenters. The first-order chi connectivity index (χ1) is 6.18. The molecule has 76 valence electrons. The van der Waals surface area contributed by atoms with Crippen molar-refractivity contribution in [1.82, 2.24) is 10.6 Å². The summed E-state index contributed by atoms with van der Waals surface area (Å²) in [4.78, 5) is 11.4. The molecule has 1 atom stereocenters. The van der Waals surface area contributed by atoms with Gasteiger partial charge in [0.05, 0.1) is 0 Å². The van der Waals surface area contributed by atoms with Crippen LogP contribution in [0.5, 0.6) is 0 Å². The van der Waals surface area contributed by atoms with E-state index in [0.29, 0.717) is 12.3 Å². The SMILES string of the molecule is CC(C)NC(=O)CC1CCCNC1. The Balaban J connectivity index is 2.18. The molecule has 1 heterocycles. The highest BCUT2D eigenvalue weighted by molar-refractivity contribution is 5.76. The summed E-state index contributed by atoms with van der Waals surface area (Å²) in [6.45, 7) is 6.11. The van der Waals surface area contributed by atoms with Gasteiger partial charge in [-0.2, -0.15) is 0 Å². The second-order valence-corrected chi connectivity index (χ2v) is 4.14. The molecule has 0 aromatic heterocycles. The maximum Gasteiger partial charge on any atom is 0.220 e. The standard InChI is InChI=1S/C10H20N2O/c1-8(2)12-10(13)6-9-4-3-5-11-7-9/h8-9,11H,3-7H2,1-2H3,(H,12,13). The predicted octanol–water partition coefficient (Wildman–Crippen LogP) is 0.901. The van der Waals surface area contributed by atoms with Gasteiger partial charge >= 0.3 is 0 Å². The van der Waals surface area contributed by atoms with Gasteiger partial charge in [-0.3, -0.25) is 4.79 Å². The fourth-order valence-electron chi connectivity index (χ4n) is 1.74. The van der Waals surface area contributed by atoms with Crippen LogP contribution in [-0.4, -0.2) is 25.0 Å². The van der Waals surface area contributed by atoms with Gasteiger partial charge in [-0.1, -0.05) is 0 Å². The lowest BCUT2D eigenvalue weighted by Gasteiger charge is -2.22. The zero-order chi connectivity index (χ0) is 9.68. The molecule has 0 aromatic carbocycles. The Morgan fingerprint density at radius 2 is 2.38 bits per heavy atom. The topological polar surface area (TPSA) is 41.1 Å². The summed E-state index contributed by atoms with van der Waals surface area (Å²) in [6.07, 6.45) is 3.09. The fraction of sp³-hybridized carbons (Fsp3) is 0.900. The van der Waals surface area contributed by atoms with Crippen molar-refractivity contribution < 1.29 is 4.79 Å². The largest absolute Gasteiger partial charge is 0.354 e.